The van der Waals surface area contributed by atoms with Crippen molar-refractivity contribution in [3.05, 3.63) is 29.6 Å². The van der Waals surface area contributed by atoms with E-state index in [4.69, 9.17) is 14.2 Å². The molecule has 130 valence electrons. The van der Waals surface area contributed by atoms with Gasteiger partial charge in [0.25, 0.3) is 0 Å². The first-order chi connectivity index (χ1) is 11.7. The monoisotopic (exact) mass is 333 g/mol. The van der Waals surface area contributed by atoms with Gasteiger partial charge in [0.1, 0.15) is 25.1 Å². The molecule has 2 atom stereocenters. The highest BCUT2D eigenvalue weighted by Crippen LogP contribution is 2.15. The summed E-state index contributed by atoms with van der Waals surface area (Å²) in [5.74, 6) is 0.559. The molecule has 0 bridgehead atoms. The third-order valence-electron chi connectivity index (χ3n) is 4.19. The predicted octanol–water partition coefficient (Wildman–Crippen LogP) is 1.31. The lowest BCUT2D eigenvalue weighted by Gasteiger charge is -2.30. The number of carbonyl (C=O) groups is 1. The summed E-state index contributed by atoms with van der Waals surface area (Å²) in [6.07, 6.45) is 0.633. The number of H-pyrrole nitrogens is 1. The molecule has 0 saturated carbocycles. The Morgan fingerprint density at radius 1 is 1.50 bits per heavy atom. The summed E-state index contributed by atoms with van der Waals surface area (Å²) in [6.45, 7) is 3.40. The summed E-state index contributed by atoms with van der Waals surface area (Å²) in [5, 5.41) is 2.94. The Labute approximate surface area is 140 Å². The van der Waals surface area contributed by atoms with Gasteiger partial charge in [0.2, 0.25) is 5.91 Å². The van der Waals surface area contributed by atoms with Crippen molar-refractivity contribution in [1.29, 1.82) is 0 Å². The number of imidazole rings is 1. The highest BCUT2D eigenvalue weighted by Gasteiger charge is 2.26. The smallest absolute Gasteiger partial charge is 0.246 e. The second-order valence-electron chi connectivity index (χ2n) is 5.96. The number of hydrogen-bond acceptors (Lipinski definition) is 5. The van der Waals surface area contributed by atoms with E-state index >= 15 is 0 Å². The number of nitrogens with one attached hydrogen (secondary N) is 2. The van der Waals surface area contributed by atoms with Crippen molar-refractivity contribution in [2.24, 2.45) is 0 Å². The van der Waals surface area contributed by atoms with Gasteiger partial charge in [0.15, 0.2) is 0 Å². The number of ether oxygens (including phenoxy) is 3. The maximum atomic E-state index is 12.0. The molecule has 1 aromatic carbocycles. The van der Waals surface area contributed by atoms with Gasteiger partial charge in [-0.1, -0.05) is 12.1 Å². The third kappa shape index (κ3) is 3.92. The normalized spacial score (nSPS) is 21.1. The number of aromatic nitrogens is 2. The molecule has 1 aliphatic heterocycles. The zero-order valence-corrected chi connectivity index (χ0v) is 14.0. The fourth-order valence-electron chi connectivity index (χ4n) is 2.89. The first-order valence-electron chi connectivity index (χ1n) is 8.09. The Balaban J connectivity index is 1.48. The van der Waals surface area contributed by atoms with E-state index in [1.54, 1.807) is 7.11 Å². The molecule has 0 radical (unpaired) electrons. The van der Waals surface area contributed by atoms with Crippen LogP contribution in [-0.2, 0) is 25.6 Å². The van der Waals surface area contributed by atoms with Crippen LogP contribution in [-0.4, -0.2) is 55.0 Å². The second kappa shape index (κ2) is 7.74. The van der Waals surface area contributed by atoms with Crippen molar-refractivity contribution < 1.29 is 19.0 Å². The molecule has 2 N–H and O–H groups in total. The molecule has 3 rings (SSSR count). The number of amides is 1. The molecule has 0 aliphatic carbocycles. The second-order valence-corrected chi connectivity index (χ2v) is 5.96. The van der Waals surface area contributed by atoms with Crippen LogP contribution in [0.3, 0.4) is 0 Å². The Kier molecular flexibility index (Phi) is 5.44. The average Bonchev–Trinajstić information content (AvgIpc) is 3.00. The molecule has 0 unspecified atom stereocenters. The number of para-hydroxylation sites is 1. The van der Waals surface area contributed by atoms with Gasteiger partial charge in [0, 0.05) is 13.7 Å². The third-order valence-corrected chi connectivity index (χ3v) is 4.19. The zero-order valence-electron chi connectivity index (χ0n) is 14.0. The van der Waals surface area contributed by atoms with E-state index in [2.05, 4.69) is 15.3 Å². The predicted molar refractivity (Wildman–Crippen MR) is 88.7 cm³/mol. The van der Waals surface area contributed by atoms with Crippen LogP contribution >= 0.6 is 0 Å². The lowest BCUT2D eigenvalue weighted by atomic mass is 10.1. The van der Waals surface area contributed by atoms with Gasteiger partial charge in [-0.05, 0) is 25.0 Å². The van der Waals surface area contributed by atoms with Crippen molar-refractivity contribution >= 4 is 16.9 Å². The maximum Gasteiger partial charge on any atom is 0.246 e. The fourth-order valence-corrected chi connectivity index (χ4v) is 2.89. The van der Waals surface area contributed by atoms with Gasteiger partial charge < -0.3 is 24.5 Å². The minimum atomic E-state index is -0.156. The summed E-state index contributed by atoms with van der Waals surface area (Å²) in [6, 6.07) is 5.94. The molecule has 1 aromatic heterocycles. The molecular formula is C17H23N3O4. The fraction of sp³-hybridized carbons (Fsp3) is 0.529. The van der Waals surface area contributed by atoms with Crippen LogP contribution in [0.2, 0.25) is 0 Å². The standard InChI is InChI=1S/C17H23N3O4/c1-11-4-3-5-13-17(11)20-15(18-13)9-24-10-16(21)19-12-6-7-23-8-14(12)22-2/h3-5,12,14H,6-10H2,1-2H3,(H,18,20)(H,19,21)/t12-,14-/m1/s1. The molecule has 7 nitrogen and oxygen atoms in total. The molecule has 1 saturated heterocycles. The van der Waals surface area contributed by atoms with E-state index in [0.717, 1.165) is 23.0 Å². The van der Waals surface area contributed by atoms with E-state index in [9.17, 15) is 4.79 Å². The molecule has 24 heavy (non-hydrogen) atoms. The molecular weight excluding hydrogens is 310 g/mol. The summed E-state index contributed by atoms with van der Waals surface area (Å²) in [5.41, 5.74) is 3.02. The number of aryl methyl sites for hydroxylation is 1. The Morgan fingerprint density at radius 3 is 3.17 bits per heavy atom. The average molecular weight is 333 g/mol. The SMILES string of the molecule is CO[C@@H]1COCC[C@H]1NC(=O)COCc1nc2c(C)cccc2[nH]1. The molecule has 1 aliphatic rings. The quantitative estimate of drug-likeness (QED) is 0.832. The van der Waals surface area contributed by atoms with Gasteiger partial charge in [-0.3, -0.25) is 4.79 Å². The molecule has 7 heteroatoms. The van der Waals surface area contributed by atoms with Crippen LogP contribution in [0, 0.1) is 6.92 Å². The number of rotatable bonds is 6. The lowest BCUT2D eigenvalue weighted by molar-refractivity contribution is -0.130. The minimum absolute atomic E-state index is 0.0101. The summed E-state index contributed by atoms with van der Waals surface area (Å²) in [4.78, 5) is 19.7. The van der Waals surface area contributed by atoms with Crippen molar-refractivity contribution in [3.63, 3.8) is 0 Å². The van der Waals surface area contributed by atoms with Crippen LogP contribution in [0.5, 0.6) is 0 Å². The number of carbonyl (C=O) groups excluding carboxylic acids is 1. The van der Waals surface area contributed by atoms with Gasteiger partial charge in [0.05, 0.1) is 23.7 Å². The van der Waals surface area contributed by atoms with Gasteiger partial charge in [-0.25, -0.2) is 4.98 Å². The first kappa shape index (κ1) is 16.9. The van der Waals surface area contributed by atoms with Crippen LogP contribution in [0.1, 0.15) is 17.8 Å². The molecule has 1 fully saturated rings. The van der Waals surface area contributed by atoms with Crippen LogP contribution in [0.15, 0.2) is 18.2 Å². The lowest BCUT2D eigenvalue weighted by Crippen LogP contribution is -2.50. The Hall–Kier alpha value is -1.96. The van der Waals surface area contributed by atoms with E-state index in [1.165, 1.54) is 0 Å². The van der Waals surface area contributed by atoms with Crippen molar-refractivity contribution in [3.8, 4) is 0 Å². The molecule has 2 aromatic rings. The summed E-state index contributed by atoms with van der Waals surface area (Å²) in [7, 11) is 1.62. The number of hydrogen-bond donors (Lipinski definition) is 2. The van der Waals surface area contributed by atoms with E-state index < -0.39 is 0 Å². The summed E-state index contributed by atoms with van der Waals surface area (Å²) < 4.78 is 16.2. The van der Waals surface area contributed by atoms with Gasteiger partial charge >= 0.3 is 0 Å². The maximum absolute atomic E-state index is 12.0. The number of nitrogens with zero attached hydrogens (tertiary/aromatic N) is 1. The van der Waals surface area contributed by atoms with Crippen LogP contribution < -0.4 is 5.32 Å². The largest absolute Gasteiger partial charge is 0.379 e. The van der Waals surface area contributed by atoms with Crippen molar-refractivity contribution in [2.75, 3.05) is 26.9 Å². The van der Waals surface area contributed by atoms with Crippen LogP contribution in [0.4, 0.5) is 0 Å². The Bertz CT molecular complexity index is 700. The highest BCUT2D eigenvalue weighted by molar-refractivity contribution is 5.78. The topological polar surface area (TPSA) is 85.5 Å². The van der Waals surface area contributed by atoms with E-state index in [-0.39, 0.29) is 31.3 Å². The number of methoxy groups -OCH3 is 1. The minimum Gasteiger partial charge on any atom is -0.379 e. The van der Waals surface area contributed by atoms with Gasteiger partial charge in [-0.15, -0.1) is 0 Å². The summed E-state index contributed by atoms with van der Waals surface area (Å²) >= 11 is 0. The van der Waals surface area contributed by atoms with E-state index in [1.807, 2.05) is 25.1 Å². The van der Waals surface area contributed by atoms with Gasteiger partial charge in [-0.2, -0.15) is 0 Å². The number of benzene rings is 1. The number of aromatic amines is 1. The Morgan fingerprint density at radius 2 is 2.38 bits per heavy atom. The van der Waals surface area contributed by atoms with Crippen LogP contribution in [0.25, 0.3) is 11.0 Å². The first-order valence-corrected chi connectivity index (χ1v) is 8.09. The molecule has 1 amide bonds. The van der Waals surface area contributed by atoms with Crippen molar-refractivity contribution in [1.82, 2.24) is 15.3 Å². The molecule has 0 spiro atoms. The van der Waals surface area contributed by atoms with Crippen molar-refractivity contribution in [2.45, 2.75) is 32.1 Å². The zero-order chi connectivity index (χ0) is 16.9. The van der Waals surface area contributed by atoms with E-state index in [0.29, 0.717) is 19.0 Å². The number of fused-ring (bicyclic) bond motifs is 1. The molecule has 2 heterocycles. The highest BCUT2D eigenvalue weighted by atomic mass is 16.5.